The first kappa shape index (κ1) is 22.3. The van der Waals surface area contributed by atoms with Gasteiger partial charge in [-0.15, -0.1) is 0 Å². The molecule has 1 aliphatic heterocycles. The van der Waals surface area contributed by atoms with E-state index in [0.29, 0.717) is 18.7 Å². The number of pyridine rings is 1. The summed E-state index contributed by atoms with van der Waals surface area (Å²) in [5, 5.41) is -0.324. The highest BCUT2D eigenvalue weighted by molar-refractivity contribution is 7.89. The lowest BCUT2D eigenvalue weighted by atomic mass is 10.3. The minimum atomic E-state index is -4.02. The zero-order valence-electron chi connectivity index (χ0n) is 16.4. The molecule has 3 rings (SSSR count). The zero-order valence-corrected chi connectivity index (χ0v) is 18.0. The third-order valence-corrected chi connectivity index (χ3v) is 6.58. The van der Waals surface area contributed by atoms with E-state index in [2.05, 4.69) is 4.72 Å². The average Bonchev–Trinajstić information content (AvgIpc) is 3.14. The van der Waals surface area contributed by atoms with Crippen molar-refractivity contribution in [2.45, 2.75) is 24.3 Å². The summed E-state index contributed by atoms with van der Waals surface area (Å²) >= 11 is 5.62. The van der Waals surface area contributed by atoms with Gasteiger partial charge in [-0.3, -0.25) is 9.59 Å². The topological polar surface area (TPSA) is 97.7 Å². The Hall–Kier alpha value is -2.43. The normalized spacial score (nSPS) is 16.7. The molecule has 1 saturated heterocycles. The van der Waals surface area contributed by atoms with Gasteiger partial charge in [-0.25, -0.2) is 17.5 Å². The molecule has 0 saturated carbocycles. The quantitative estimate of drug-likeness (QED) is 0.708. The number of aryl methyl sites for hydroxylation is 1. The minimum Gasteiger partial charge on any atom is -0.488 e. The molecule has 2 aromatic rings. The molecule has 8 nitrogen and oxygen atoms in total. The zero-order chi connectivity index (χ0) is 22.1. The molecule has 2 heterocycles. The van der Waals surface area contributed by atoms with Gasteiger partial charge in [0.2, 0.25) is 15.9 Å². The predicted octanol–water partition coefficient (Wildman–Crippen LogP) is 1.44. The van der Waals surface area contributed by atoms with Crippen LogP contribution in [0.5, 0.6) is 5.75 Å². The largest absolute Gasteiger partial charge is 0.488 e. The number of halogens is 2. The van der Waals surface area contributed by atoms with Crippen molar-refractivity contribution < 1.29 is 22.3 Å². The molecular formula is C19H21ClFN3O5S. The fraction of sp³-hybridized carbons (Fsp3) is 0.368. The van der Waals surface area contributed by atoms with Crippen LogP contribution in [0.4, 0.5) is 4.39 Å². The van der Waals surface area contributed by atoms with Crippen LogP contribution in [-0.2, 0) is 21.9 Å². The Morgan fingerprint density at radius 2 is 2.07 bits per heavy atom. The van der Waals surface area contributed by atoms with E-state index in [1.807, 2.05) is 0 Å². The Kier molecular flexibility index (Phi) is 6.49. The fourth-order valence-corrected chi connectivity index (χ4v) is 4.29. The molecule has 0 aliphatic carbocycles. The summed E-state index contributed by atoms with van der Waals surface area (Å²) < 4.78 is 47.3. The van der Waals surface area contributed by atoms with Gasteiger partial charge in [-0.1, -0.05) is 11.6 Å². The van der Waals surface area contributed by atoms with Gasteiger partial charge in [0.15, 0.2) is 0 Å². The van der Waals surface area contributed by atoms with Gasteiger partial charge in [0.05, 0.1) is 23.0 Å². The van der Waals surface area contributed by atoms with E-state index in [1.54, 1.807) is 20.0 Å². The molecule has 0 bridgehead atoms. The molecule has 30 heavy (non-hydrogen) atoms. The molecule has 162 valence electrons. The number of hydrogen-bond donors (Lipinski definition) is 1. The number of nitrogens with one attached hydrogen (secondary N) is 1. The van der Waals surface area contributed by atoms with E-state index >= 15 is 0 Å². The lowest BCUT2D eigenvalue weighted by Gasteiger charge is -2.18. The third kappa shape index (κ3) is 5.00. The Labute approximate surface area is 178 Å². The number of rotatable bonds is 6. The number of carbonyl (C=O) groups excluding carboxylic acids is 1. The molecule has 1 N–H and O–H groups in total. The highest BCUT2D eigenvalue weighted by Gasteiger charge is 2.28. The molecule has 0 spiro atoms. The number of hydrogen-bond acceptors (Lipinski definition) is 5. The number of carbonyl (C=O) groups is 1. The van der Waals surface area contributed by atoms with Gasteiger partial charge in [0.25, 0.3) is 5.56 Å². The highest BCUT2D eigenvalue weighted by atomic mass is 35.5. The van der Waals surface area contributed by atoms with Crippen LogP contribution < -0.4 is 15.0 Å². The van der Waals surface area contributed by atoms with Crippen molar-refractivity contribution in [2.75, 3.05) is 19.6 Å². The van der Waals surface area contributed by atoms with Gasteiger partial charge in [0.1, 0.15) is 17.7 Å². The van der Waals surface area contributed by atoms with Crippen molar-refractivity contribution in [1.29, 1.82) is 0 Å². The summed E-state index contributed by atoms with van der Waals surface area (Å²) in [5.74, 6) is -0.719. The summed E-state index contributed by atoms with van der Waals surface area (Å²) in [4.78, 5) is 25.5. The molecule has 1 fully saturated rings. The van der Waals surface area contributed by atoms with Crippen molar-refractivity contribution >= 4 is 27.5 Å². The monoisotopic (exact) mass is 457 g/mol. The van der Waals surface area contributed by atoms with Crippen molar-refractivity contribution in [3.8, 4) is 5.75 Å². The maximum absolute atomic E-state index is 13.2. The number of nitrogens with zero attached hydrogens (tertiary/aromatic N) is 2. The molecule has 1 aliphatic rings. The molecule has 1 amide bonds. The molecule has 1 unspecified atom stereocenters. The van der Waals surface area contributed by atoms with Crippen LogP contribution in [0, 0.1) is 12.7 Å². The minimum absolute atomic E-state index is 0.189. The summed E-state index contributed by atoms with van der Waals surface area (Å²) in [7, 11) is -2.35. The van der Waals surface area contributed by atoms with Crippen molar-refractivity contribution in [1.82, 2.24) is 14.2 Å². The number of amides is 1. The smallest absolute Gasteiger partial charge is 0.254 e. The van der Waals surface area contributed by atoms with Crippen LogP contribution in [0.15, 0.2) is 40.0 Å². The number of likely N-dealkylation sites (tertiary alicyclic amines) is 1. The maximum Gasteiger partial charge on any atom is 0.254 e. The first-order valence-corrected chi connectivity index (χ1v) is 11.0. The first-order chi connectivity index (χ1) is 14.1. The predicted molar refractivity (Wildman–Crippen MR) is 109 cm³/mol. The average molecular weight is 458 g/mol. The molecule has 0 radical (unpaired) electrons. The second kappa shape index (κ2) is 8.75. The summed E-state index contributed by atoms with van der Waals surface area (Å²) in [6.07, 6.45) is 0.258. The third-order valence-electron chi connectivity index (χ3n) is 4.89. The SMILES string of the molecule is Cc1cc(OC2CCN(C(=O)CNS(=O)(=O)c3ccc(F)c(Cl)c3)C2)cc(=O)n1C. The standard InChI is InChI=1S/C19H21ClFN3O5S/c1-12-7-14(8-18(25)23(12)2)29-13-5-6-24(11-13)19(26)10-22-30(27,28)15-3-4-17(21)16(20)9-15/h3-4,7-9,13,22H,5-6,10-11H2,1-2H3. The van der Waals surface area contributed by atoms with E-state index in [9.17, 15) is 22.4 Å². The van der Waals surface area contributed by atoms with E-state index in [0.717, 1.165) is 23.9 Å². The number of sulfonamides is 1. The van der Waals surface area contributed by atoms with E-state index in [-0.39, 0.29) is 28.1 Å². The molecular weight excluding hydrogens is 437 g/mol. The van der Waals surface area contributed by atoms with E-state index < -0.39 is 28.3 Å². The van der Waals surface area contributed by atoms with E-state index in [4.69, 9.17) is 16.3 Å². The lowest BCUT2D eigenvalue weighted by Crippen LogP contribution is -2.39. The summed E-state index contributed by atoms with van der Waals surface area (Å²) in [6.45, 7) is 2.02. The van der Waals surface area contributed by atoms with Crippen LogP contribution in [0.3, 0.4) is 0 Å². The Morgan fingerprint density at radius 3 is 2.73 bits per heavy atom. The van der Waals surface area contributed by atoms with Crippen LogP contribution in [-0.4, -0.2) is 49.5 Å². The van der Waals surface area contributed by atoms with Crippen LogP contribution in [0.25, 0.3) is 0 Å². The summed E-state index contributed by atoms with van der Waals surface area (Å²) in [6, 6.07) is 6.13. The van der Waals surface area contributed by atoms with Crippen molar-refractivity contribution in [2.24, 2.45) is 7.05 Å². The lowest BCUT2D eigenvalue weighted by molar-refractivity contribution is -0.129. The van der Waals surface area contributed by atoms with Crippen LogP contribution >= 0.6 is 11.6 Å². The molecule has 11 heteroatoms. The van der Waals surface area contributed by atoms with Crippen molar-refractivity contribution in [3.05, 3.63) is 57.2 Å². The number of benzene rings is 1. The fourth-order valence-electron chi connectivity index (χ4n) is 3.04. The van der Waals surface area contributed by atoms with Gasteiger partial charge >= 0.3 is 0 Å². The summed E-state index contributed by atoms with van der Waals surface area (Å²) in [5.41, 5.74) is 0.560. The first-order valence-electron chi connectivity index (χ1n) is 9.13. The number of aromatic nitrogens is 1. The second-order valence-electron chi connectivity index (χ2n) is 7.00. The van der Waals surface area contributed by atoms with Gasteiger partial charge in [0, 0.05) is 31.8 Å². The molecule has 1 aromatic carbocycles. The van der Waals surface area contributed by atoms with Gasteiger partial charge in [-0.05, 0) is 31.2 Å². The van der Waals surface area contributed by atoms with Gasteiger partial charge in [-0.2, -0.15) is 0 Å². The van der Waals surface area contributed by atoms with Crippen molar-refractivity contribution in [3.63, 3.8) is 0 Å². The second-order valence-corrected chi connectivity index (χ2v) is 9.17. The Balaban J connectivity index is 1.57. The number of ether oxygens (including phenoxy) is 1. The Bertz CT molecular complexity index is 1140. The molecule has 1 aromatic heterocycles. The Morgan fingerprint density at radius 1 is 1.33 bits per heavy atom. The van der Waals surface area contributed by atoms with Crippen LogP contribution in [0.2, 0.25) is 5.02 Å². The highest BCUT2D eigenvalue weighted by Crippen LogP contribution is 2.20. The van der Waals surface area contributed by atoms with Crippen LogP contribution in [0.1, 0.15) is 12.1 Å². The van der Waals surface area contributed by atoms with E-state index in [1.165, 1.54) is 15.5 Å². The molecule has 1 atom stereocenters. The maximum atomic E-state index is 13.2. The van der Waals surface area contributed by atoms with Gasteiger partial charge < -0.3 is 14.2 Å².